The van der Waals surface area contributed by atoms with E-state index in [0.29, 0.717) is 25.1 Å². The Morgan fingerprint density at radius 3 is 2.17 bits per heavy atom. The number of nitrogens with zero attached hydrogens (tertiary/aromatic N) is 1. The molecule has 8 nitrogen and oxygen atoms in total. The molecule has 3 amide bonds. The third kappa shape index (κ3) is 7.95. The Balaban J connectivity index is 1.77. The molecule has 3 aromatic rings. The molecule has 3 N–H and O–H groups in total. The second kappa shape index (κ2) is 13.9. The molecule has 0 fully saturated rings. The summed E-state index contributed by atoms with van der Waals surface area (Å²) in [7, 11) is 3.68. The summed E-state index contributed by atoms with van der Waals surface area (Å²) in [6.45, 7) is 4.35. The number of amides is 3. The summed E-state index contributed by atoms with van der Waals surface area (Å²) in [5.74, 6) is -0.517. The summed E-state index contributed by atoms with van der Waals surface area (Å²) in [6, 6.07) is 24.1. The second-order valence-electron chi connectivity index (χ2n) is 11.0. The fraction of sp³-hybridized carbons (Fsp3) is 0.364. The van der Waals surface area contributed by atoms with Crippen LogP contribution in [0.5, 0.6) is 5.75 Å². The zero-order chi connectivity index (χ0) is 29.4. The molecule has 0 radical (unpaired) electrons. The van der Waals surface area contributed by atoms with Gasteiger partial charge in [-0.25, -0.2) is 0 Å². The van der Waals surface area contributed by atoms with Gasteiger partial charge < -0.3 is 20.7 Å². The maximum absolute atomic E-state index is 14.2. The minimum atomic E-state index is -1.13. The van der Waals surface area contributed by atoms with E-state index in [9.17, 15) is 14.4 Å². The van der Waals surface area contributed by atoms with Crippen LogP contribution >= 0.6 is 0 Å². The van der Waals surface area contributed by atoms with Crippen LogP contribution in [0.15, 0.2) is 84.9 Å². The number of rotatable bonds is 7. The topological polar surface area (TPSA) is 99.8 Å². The summed E-state index contributed by atoms with van der Waals surface area (Å²) < 4.78 is 6.47. The molecule has 5 rings (SSSR count). The molecule has 2 aliphatic rings. The molecular weight excluding hydrogens is 516 g/mol. The van der Waals surface area contributed by atoms with Gasteiger partial charge in [-0.3, -0.25) is 19.3 Å². The minimum Gasteiger partial charge on any atom is -0.483 e. The van der Waals surface area contributed by atoms with Gasteiger partial charge in [-0.1, -0.05) is 86.6 Å². The molecule has 3 aromatic carbocycles. The summed E-state index contributed by atoms with van der Waals surface area (Å²) in [6.07, 6.45) is 0.0833. The number of nitrogens with one attached hydrogen (secondary N) is 3. The predicted molar refractivity (Wildman–Crippen MR) is 159 cm³/mol. The largest absolute Gasteiger partial charge is 0.483 e. The first-order valence-corrected chi connectivity index (χ1v) is 14.1. The Bertz CT molecular complexity index is 1290. The first-order chi connectivity index (χ1) is 19.7. The Kier molecular flexibility index (Phi) is 10.1. The number of fused-ring (bicyclic) bond motifs is 11. The first kappa shape index (κ1) is 29.8. The second-order valence-corrected chi connectivity index (χ2v) is 11.0. The number of ether oxygens (including phenoxy) is 1. The highest BCUT2D eigenvalue weighted by Gasteiger charge is 2.37. The molecule has 0 saturated heterocycles. The fourth-order valence-electron chi connectivity index (χ4n) is 5.28. The van der Waals surface area contributed by atoms with Crippen molar-refractivity contribution in [3.05, 3.63) is 102 Å². The molecule has 4 atom stereocenters. The van der Waals surface area contributed by atoms with Gasteiger partial charge in [0.05, 0.1) is 6.04 Å². The number of benzene rings is 3. The van der Waals surface area contributed by atoms with E-state index < -0.39 is 30.1 Å². The lowest BCUT2D eigenvalue weighted by Gasteiger charge is -2.33. The third-order valence-corrected chi connectivity index (χ3v) is 7.28. The minimum absolute atomic E-state index is 0.00758. The van der Waals surface area contributed by atoms with Gasteiger partial charge in [0.25, 0.3) is 0 Å². The predicted octanol–water partition coefficient (Wildman–Crippen LogP) is 3.28. The molecule has 0 spiro atoms. The molecule has 216 valence electrons. The summed E-state index contributed by atoms with van der Waals surface area (Å²) in [4.78, 5) is 43.1. The van der Waals surface area contributed by atoms with Crippen molar-refractivity contribution in [1.29, 1.82) is 0 Å². The van der Waals surface area contributed by atoms with Gasteiger partial charge in [0.2, 0.25) is 17.7 Å². The summed E-state index contributed by atoms with van der Waals surface area (Å²) in [5, 5.41) is 8.94. The van der Waals surface area contributed by atoms with Gasteiger partial charge in [-0.15, -0.1) is 0 Å². The molecule has 4 unspecified atom stereocenters. The SMILES string of the molecule is CC(C)C(C(=O)NC1C(=O)NC(Cc2ccccc2)C(=O)NCCc2ccc(cc2)OC1c1ccccc1)N(C)C. The van der Waals surface area contributed by atoms with Crippen molar-refractivity contribution in [2.45, 2.75) is 50.9 Å². The van der Waals surface area contributed by atoms with Crippen molar-refractivity contribution < 1.29 is 19.1 Å². The molecular formula is C33H40N4O4. The van der Waals surface area contributed by atoms with E-state index in [4.69, 9.17) is 4.74 Å². The van der Waals surface area contributed by atoms with Crippen LogP contribution in [0.1, 0.15) is 36.6 Å². The fourth-order valence-corrected chi connectivity index (χ4v) is 5.28. The van der Waals surface area contributed by atoms with Crippen LogP contribution in [0.2, 0.25) is 0 Å². The van der Waals surface area contributed by atoms with Crippen molar-refractivity contribution in [3.63, 3.8) is 0 Å². The van der Waals surface area contributed by atoms with E-state index >= 15 is 0 Å². The lowest BCUT2D eigenvalue weighted by atomic mass is 9.97. The molecule has 0 saturated carbocycles. The highest BCUT2D eigenvalue weighted by molar-refractivity contribution is 5.93. The lowest BCUT2D eigenvalue weighted by Crippen LogP contribution is -2.59. The van der Waals surface area contributed by atoms with Gasteiger partial charge in [-0.2, -0.15) is 0 Å². The van der Waals surface area contributed by atoms with E-state index in [1.807, 2.05) is 118 Å². The quantitative estimate of drug-likeness (QED) is 0.415. The van der Waals surface area contributed by atoms with Crippen molar-refractivity contribution >= 4 is 17.7 Å². The van der Waals surface area contributed by atoms with E-state index in [1.165, 1.54) is 0 Å². The number of hydrogen-bond donors (Lipinski definition) is 3. The average molecular weight is 557 g/mol. The highest BCUT2D eigenvalue weighted by atomic mass is 16.5. The van der Waals surface area contributed by atoms with Crippen molar-refractivity contribution in [1.82, 2.24) is 20.9 Å². The normalized spacial score (nSPS) is 20.5. The molecule has 2 bridgehead atoms. The maximum Gasteiger partial charge on any atom is 0.247 e. The van der Waals surface area contributed by atoms with Crippen LogP contribution in [0.4, 0.5) is 0 Å². The zero-order valence-corrected chi connectivity index (χ0v) is 24.2. The Hall–Kier alpha value is -4.17. The van der Waals surface area contributed by atoms with Crippen LogP contribution in [0.3, 0.4) is 0 Å². The zero-order valence-electron chi connectivity index (χ0n) is 24.2. The molecule has 0 aromatic heterocycles. The first-order valence-electron chi connectivity index (χ1n) is 14.1. The lowest BCUT2D eigenvalue weighted by molar-refractivity contribution is -0.136. The van der Waals surface area contributed by atoms with E-state index in [0.717, 1.165) is 16.7 Å². The molecule has 41 heavy (non-hydrogen) atoms. The maximum atomic E-state index is 14.2. The monoisotopic (exact) mass is 556 g/mol. The highest BCUT2D eigenvalue weighted by Crippen LogP contribution is 2.27. The summed E-state index contributed by atoms with van der Waals surface area (Å²) in [5.41, 5.74) is 2.68. The standard InChI is InChI=1S/C33H40N4O4/c1-22(2)29(37(3)4)33(40)36-28-30(25-13-9-6-10-14-25)41-26-17-15-23(16-18-26)19-20-34-31(38)27(35-32(28)39)21-24-11-7-5-8-12-24/h5-18,22,27-30H,19-21H2,1-4H3,(H,34,38)(H,35,39)(H,36,40). The number of hydrogen-bond acceptors (Lipinski definition) is 5. The van der Waals surface area contributed by atoms with E-state index in [-0.39, 0.29) is 17.7 Å². The molecule has 0 aliphatic carbocycles. The van der Waals surface area contributed by atoms with Gasteiger partial charge in [-0.05, 0) is 55.3 Å². The Morgan fingerprint density at radius 2 is 1.56 bits per heavy atom. The number of carbonyl (C=O) groups excluding carboxylic acids is 3. The van der Waals surface area contributed by atoms with E-state index in [1.54, 1.807) is 0 Å². The van der Waals surface area contributed by atoms with Crippen molar-refractivity contribution in [2.75, 3.05) is 20.6 Å². The molecule has 8 heteroatoms. The van der Waals surface area contributed by atoms with E-state index in [2.05, 4.69) is 16.0 Å². The number of likely N-dealkylation sites (N-methyl/N-ethyl adjacent to an activating group) is 1. The van der Waals surface area contributed by atoms with Gasteiger partial charge in [0.15, 0.2) is 6.10 Å². The van der Waals surface area contributed by atoms with Gasteiger partial charge >= 0.3 is 0 Å². The van der Waals surface area contributed by atoms with Gasteiger partial charge in [0.1, 0.15) is 17.8 Å². The summed E-state index contributed by atoms with van der Waals surface area (Å²) >= 11 is 0. The number of carbonyl (C=O) groups is 3. The van der Waals surface area contributed by atoms with Gasteiger partial charge in [0, 0.05) is 13.0 Å². The van der Waals surface area contributed by atoms with Crippen LogP contribution in [-0.4, -0.2) is 61.4 Å². The van der Waals surface area contributed by atoms with Crippen LogP contribution in [0.25, 0.3) is 0 Å². The van der Waals surface area contributed by atoms with Crippen LogP contribution in [0, 0.1) is 5.92 Å². The Morgan fingerprint density at radius 1 is 0.927 bits per heavy atom. The van der Waals surface area contributed by atoms with Crippen molar-refractivity contribution in [3.8, 4) is 5.75 Å². The molecule has 2 aliphatic heterocycles. The smallest absolute Gasteiger partial charge is 0.247 e. The molecule has 2 heterocycles. The third-order valence-electron chi connectivity index (χ3n) is 7.28. The Labute approximate surface area is 242 Å². The average Bonchev–Trinajstić information content (AvgIpc) is 2.95. The van der Waals surface area contributed by atoms with Crippen LogP contribution in [-0.2, 0) is 27.2 Å². The van der Waals surface area contributed by atoms with Crippen LogP contribution < -0.4 is 20.7 Å². The van der Waals surface area contributed by atoms with Crippen molar-refractivity contribution in [2.24, 2.45) is 5.92 Å².